The molecule has 2 saturated carbocycles. The van der Waals surface area contributed by atoms with Crippen LogP contribution in [-0.2, 0) is 4.79 Å². The fraction of sp³-hybridized carbons (Fsp3) is 0.588. The Kier molecular flexibility index (Phi) is 4.16. The smallest absolute Gasteiger partial charge is 0.224 e. The fourth-order valence-electron chi connectivity index (χ4n) is 4.02. The van der Waals surface area contributed by atoms with Gasteiger partial charge in [-0.2, -0.15) is 0 Å². The second kappa shape index (κ2) is 5.88. The molecule has 0 spiro atoms. The van der Waals surface area contributed by atoms with E-state index in [1.54, 1.807) is 0 Å². The molecule has 0 aromatic heterocycles. The molecule has 0 radical (unpaired) electrons. The maximum atomic E-state index is 12.3. The van der Waals surface area contributed by atoms with Crippen LogP contribution in [0.4, 0.5) is 5.69 Å². The van der Waals surface area contributed by atoms with Crippen LogP contribution in [-0.4, -0.2) is 5.91 Å². The molecule has 1 aromatic carbocycles. The molecule has 20 heavy (non-hydrogen) atoms. The molecule has 0 saturated heterocycles. The highest BCUT2D eigenvalue weighted by Crippen LogP contribution is 2.49. The second-order valence-corrected chi connectivity index (χ2v) is 7.76. The fourth-order valence-corrected chi connectivity index (χ4v) is 4.42. The van der Waals surface area contributed by atoms with Crippen molar-refractivity contribution in [3.8, 4) is 0 Å². The molecule has 2 fully saturated rings. The number of fused-ring (bicyclic) bond motifs is 2. The van der Waals surface area contributed by atoms with Crippen molar-refractivity contribution in [1.29, 1.82) is 0 Å². The summed E-state index contributed by atoms with van der Waals surface area (Å²) in [6.07, 6.45) is 6.08. The third-order valence-electron chi connectivity index (χ3n) is 5.00. The molecule has 108 valence electrons. The summed E-state index contributed by atoms with van der Waals surface area (Å²) in [5.74, 6) is 2.54. The van der Waals surface area contributed by atoms with Gasteiger partial charge in [-0.3, -0.25) is 4.79 Å². The van der Waals surface area contributed by atoms with Crippen LogP contribution in [0.25, 0.3) is 0 Å². The number of amides is 1. The van der Waals surface area contributed by atoms with Crippen molar-refractivity contribution >= 4 is 27.5 Å². The molecule has 2 bridgehead atoms. The minimum Gasteiger partial charge on any atom is -0.326 e. The molecule has 4 unspecified atom stereocenters. The molecule has 0 aliphatic heterocycles. The van der Waals surface area contributed by atoms with Crippen LogP contribution in [0.15, 0.2) is 24.3 Å². The summed E-state index contributed by atoms with van der Waals surface area (Å²) in [4.78, 5) is 12.5. The van der Waals surface area contributed by atoms with E-state index in [1.807, 2.05) is 18.2 Å². The quantitative estimate of drug-likeness (QED) is 0.778. The van der Waals surface area contributed by atoms with Gasteiger partial charge < -0.3 is 5.32 Å². The van der Waals surface area contributed by atoms with E-state index in [4.69, 9.17) is 0 Å². The van der Waals surface area contributed by atoms with Crippen LogP contribution < -0.4 is 5.32 Å². The Hall–Kier alpha value is -0.830. The summed E-state index contributed by atoms with van der Waals surface area (Å²) in [5.41, 5.74) is 2.10. The van der Waals surface area contributed by atoms with Crippen LogP contribution in [0.2, 0.25) is 0 Å². The topological polar surface area (TPSA) is 29.1 Å². The van der Waals surface area contributed by atoms with Crippen molar-refractivity contribution < 1.29 is 4.79 Å². The first kappa shape index (κ1) is 14.1. The van der Waals surface area contributed by atoms with Crippen molar-refractivity contribution in [2.24, 2.45) is 17.8 Å². The van der Waals surface area contributed by atoms with Gasteiger partial charge in [-0.1, -0.05) is 40.5 Å². The van der Waals surface area contributed by atoms with E-state index in [0.717, 1.165) is 23.1 Å². The lowest BCUT2D eigenvalue weighted by molar-refractivity contribution is -0.117. The Morgan fingerprint density at radius 2 is 2.15 bits per heavy atom. The zero-order valence-electron chi connectivity index (χ0n) is 11.9. The van der Waals surface area contributed by atoms with Gasteiger partial charge in [-0.05, 0) is 55.6 Å². The van der Waals surface area contributed by atoms with E-state index in [0.29, 0.717) is 12.3 Å². The highest BCUT2D eigenvalue weighted by molar-refractivity contribution is 9.09. The average Bonchev–Trinajstić information content (AvgIpc) is 3.01. The number of hydrogen-bond donors (Lipinski definition) is 1. The maximum absolute atomic E-state index is 12.3. The molecule has 2 aliphatic carbocycles. The number of alkyl halides is 1. The number of benzene rings is 1. The van der Waals surface area contributed by atoms with Gasteiger partial charge in [-0.15, -0.1) is 0 Å². The van der Waals surface area contributed by atoms with Crippen molar-refractivity contribution in [3.63, 3.8) is 0 Å². The summed E-state index contributed by atoms with van der Waals surface area (Å²) in [7, 11) is 0. The van der Waals surface area contributed by atoms with Gasteiger partial charge >= 0.3 is 0 Å². The lowest BCUT2D eigenvalue weighted by Gasteiger charge is -2.21. The molecule has 0 heterocycles. The van der Waals surface area contributed by atoms with E-state index < -0.39 is 0 Å². The predicted octanol–water partition coefficient (Wildman–Crippen LogP) is 4.91. The summed E-state index contributed by atoms with van der Waals surface area (Å²) < 4.78 is 0. The van der Waals surface area contributed by atoms with E-state index >= 15 is 0 Å². The molecule has 4 atom stereocenters. The second-order valence-electron chi connectivity index (χ2n) is 6.39. The minimum atomic E-state index is 0.183. The number of para-hydroxylation sites is 1. The Bertz CT molecular complexity index is 500. The number of carbonyl (C=O) groups is 1. The Morgan fingerprint density at radius 1 is 1.35 bits per heavy atom. The van der Waals surface area contributed by atoms with Gasteiger partial charge in [0.25, 0.3) is 0 Å². The minimum absolute atomic E-state index is 0.183. The summed E-state index contributed by atoms with van der Waals surface area (Å²) in [5, 5.41) is 3.11. The predicted molar refractivity (Wildman–Crippen MR) is 86.0 cm³/mol. The number of rotatable bonds is 4. The van der Waals surface area contributed by atoms with Gasteiger partial charge in [-0.25, -0.2) is 0 Å². The first-order valence-corrected chi connectivity index (χ1v) is 8.58. The average molecular weight is 336 g/mol. The lowest BCUT2D eigenvalue weighted by Crippen LogP contribution is -2.20. The highest BCUT2D eigenvalue weighted by Gasteiger charge is 2.40. The van der Waals surface area contributed by atoms with Crippen LogP contribution in [0.3, 0.4) is 0 Å². The Labute approximate surface area is 129 Å². The summed E-state index contributed by atoms with van der Waals surface area (Å²) >= 11 is 3.59. The number of hydrogen-bond acceptors (Lipinski definition) is 1. The molecule has 1 aromatic rings. The third-order valence-corrected chi connectivity index (χ3v) is 5.49. The summed E-state index contributed by atoms with van der Waals surface area (Å²) in [6.45, 7) is 2.08. The molecular formula is C17H22BrNO. The zero-order valence-corrected chi connectivity index (χ0v) is 13.5. The van der Waals surface area contributed by atoms with Gasteiger partial charge in [0, 0.05) is 16.9 Å². The molecule has 3 rings (SSSR count). The molecule has 1 amide bonds. The Morgan fingerprint density at radius 3 is 2.80 bits per heavy atom. The highest BCUT2D eigenvalue weighted by atomic mass is 79.9. The maximum Gasteiger partial charge on any atom is 0.224 e. The van der Waals surface area contributed by atoms with Gasteiger partial charge in [0.05, 0.1) is 0 Å². The van der Waals surface area contributed by atoms with Crippen LogP contribution in [0.5, 0.6) is 0 Å². The number of halogens is 1. The summed E-state index contributed by atoms with van der Waals surface area (Å²) in [6, 6.07) is 8.04. The molecule has 2 nitrogen and oxygen atoms in total. The first-order valence-electron chi connectivity index (χ1n) is 7.66. The van der Waals surface area contributed by atoms with E-state index in [9.17, 15) is 4.79 Å². The standard InChI is InChI=1S/C17H22BrNO/c1-11(18)15-4-2-3-5-16(15)19-17(20)10-14-9-12-6-7-13(14)8-12/h2-5,11-14H,6-10H2,1H3,(H,19,20). The monoisotopic (exact) mass is 335 g/mol. The normalized spacial score (nSPS) is 29.4. The van der Waals surface area contributed by atoms with E-state index in [-0.39, 0.29) is 10.7 Å². The van der Waals surface area contributed by atoms with Gasteiger partial charge in [0.2, 0.25) is 5.91 Å². The molecule has 3 heteroatoms. The van der Waals surface area contributed by atoms with Gasteiger partial charge in [0.15, 0.2) is 0 Å². The lowest BCUT2D eigenvalue weighted by atomic mass is 9.86. The number of anilines is 1. The van der Waals surface area contributed by atoms with E-state index in [2.05, 4.69) is 34.2 Å². The molecular weight excluding hydrogens is 314 g/mol. The van der Waals surface area contributed by atoms with Crippen molar-refractivity contribution in [2.45, 2.75) is 43.9 Å². The SMILES string of the molecule is CC(Br)c1ccccc1NC(=O)CC1CC2CCC1C2. The zero-order chi connectivity index (χ0) is 14.1. The van der Waals surface area contributed by atoms with Crippen molar-refractivity contribution in [3.05, 3.63) is 29.8 Å². The van der Waals surface area contributed by atoms with Crippen LogP contribution in [0, 0.1) is 17.8 Å². The number of nitrogens with one attached hydrogen (secondary N) is 1. The van der Waals surface area contributed by atoms with Crippen LogP contribution in [0.1, 0.15) is 49.4 Å². The third kappa shape index (κ3) is 2.93. The van der Waals surface area contributed by atoms with Crippen molar-refractivity contribution in [2.75, 3.05) is 5.32 Å². The molecule has 2 aliphatic rings. The Balaban J connectivity index is 1.62. The first-order chi connectivity index (χ1) is 9.63. The van der Waals surface area contributed by atoms with Gasteiger partial charge in [0.1, 0.15) is 0 Å². The molecule has 1 N–H and O–H groups in total. The number of carbonyl (C=O) groups excluding carboxylic acids is 1. The van der Waals surface area contributed by atoms with Crippen molar-refractivity contribution in [1.82, 2.24) is 0 Å². The largest absolute Gasteiger partial charge is 0.326 e. The van der Waals surface area contributed by atoms with E-state index in [1.165, 1.54) is 25.7 Å². The van der Waals surface area contributed by atoms with Crippen LogP contribution >= 0.6 is 15.9 Å².